The second-order valence-corrected chi connectivity index (χ2v) is 3.27. The molecule has 0 saturated carbocycles. The van der Waals surface area contributed by atoms with Crippen LogP contribution in [0.15, 0.2) is 0 Å². The number of hydrogen-bond acceptors (Lipinski definition) is 3. The van der Waals surface area contributed by atoms with Gasteiger partial charge in [0.15, 0.2) is 4.30 Å². The van der Waals surface area contributed by atoms with E-state index in [1.807, 2.05) is 6.92 Å². The summed E-state index contributed by atoms with van der Waals surface area (Å²) < 4.78 is -0.750. The Kier molecular flexibility index (Phi) is 86.9. The Hall–Kier alpha value is 0.710. The molecule has 0 fully saturated rings. The lowest BCUT2D eigenvalue weighted by atomic mass is 10.5. The van der Waals surface area contributed by atoms with Crippen LogP contribution in [0.4, 0.5) is 0 Å². The van der Waals surface area contributed by atoms with Crippen LogP contribution in [0, 0.1) is 0 Å². The van der Waals surface area contributed by atoms with E-state index in [1.54, 1.807) is 6.92 Å². The molecular formula is C6H20Cl3NO3. The lowest BCUT2D eigenvalue weighted by Crippen LogP contribution is -1.69. The normalized spacial score (nSPS) is 6.46. The van der Waals surface area contributed by atoms with Gasteiger partial charge in [-0.2, -0.15) is 0 Å². The van der Waals surface area contributed by atoms with Crippen molar-refractivity contribution in [1.29, 1.82) is 0 Å². The van der Waals surface area contributed by atoms with Gasteiger partial charge < -0.3 is 21.8 Å². The summed E-state index contributed by atoms with van der Waals surface area (Å²) in [4.78, 5) is 0. The van der Waals surface area contributed by atoms with Crippen LogP contribution in [0.2, 0.25) is 0 Å². The van der Waals surface area contributed by atoms with E-state index in [-0.39, 0.29) is 18.2 Å². The fourth-order valence-corrected chi connectivity index (χ4v) is 0. The van der Waals surface area contributed by atoms with Crippen LogP contribution in [0.5, 0.6) is 0 Å². The lowest BCUT2D eigenvalue weighted by molar-refractivity contribution is 0.295. The highest BCUT2D eigenvalue weighted by molar-refractivity contribution is 6.63. The average Bonchev–Trinajstić information content (AvgIpc) is 1.88. The van der Waals surface area contributed by atoms with Gasteiger partial charge in [-0.1, -0.05) is 41.7 Å². The van der Waals surface area contributed by atoms with E-state index in [4.69, 9.17) is 45.0 Å². The summed E-state index contributed by atoms with van der Waals surface area (Å²) >= 11 is 14.4. The van der Waals surface area contributed by atoms with E-state index in [1.165, 1.54) is 0 Å². The van der Waals surface area contributed by atoms with E-state index in [9.17, 15) is 0 Å². The van der Waals surface area contributed by atoms with Crippen molar-refractivity contribution < 1.29 is 15.7 Å². The van der Waals surface area contributed by atoms with Crippen LogP contribution in [0.25, 0.3) is 0 Å². The molecular weight excluding hydrogens is 240 g/mol. The smallest absolute Gasteiger partial charge is 0.180 e. The van der Waals surface area contributed by atoms with E-state index >= 15 is 0 Å². The fraction of sp³-hybridized carbons (Fsp3) is 1.00. The second kappa shape index (κ2) is 38.7. The zero-order valence-corrected chi connectivity index (χ0v) is 10.2. The van der Waals surface area contributed by atoms with E-state index in [2.05, 4.69) is 0 Å². The molecule has 88 valence electrons. The first kappa shape index (κ1) is 29.2. The summed E-state index contributed by atoms with van der Waals surface area (Å²) in [5, 5.41) is 15.4. The van der Waals surface area contributed by atoms with Gasteiger partial charge in [0.1, 0.15) is 0 Å². The molecule has 0 radical (unpaired) electrons. The highest BCUT2D eigenvalue weighted by Crippen LogP contribution is 2.03. The Morgan fingerprint density at radius 2 is 1.15 bits per heavy atom. The van der Waals surface area contributed by atoms with E-state index in [0.29, 0.717) is 6.61 Å². The highest BCUT2D eigenvalue weighted by atomic mass is 35.6. The summed E-state index contributed by atoms with van der Waals surface area (Å²) in [5.41, 5.74) is 0. The summed E-state index contributed by atoms with van der Waals surface area (Å²) in [6, 6.07) is 0. The zero-order chi connectivity index (χ0) is 9.70. The predicted molar refractivity (Wildman–Crippen MR) is 60.1 cm³/mol. The van der Waals surface area contributed by atoms with Gasteiger partial charge in [-0.25, -0.2) is 0 Å². The SMILES string of the molecule is CCCO.CCO.ClC(Cl)Cl.N.O. The molecule has 0 rings (SSSR count). The van der Waals surface area contributed by atoms with Crippen LogP contribution in [-0.2, 0) is 0 Å². The minimum absolute atomic E-state index is 0. The van der Waals surface area contributed by atoms with Crippen molar-refractivity contribution in [3.05, 3.63) is 0 Å². The van der Waals surface area contributed by atoms with Gasteiger partial charge >= 0.3 is 0 Å². The Balaban J connectivity index is -0.0000000231. The molecule has 0 saturated heterocycles. The molecule has 0 atom stereocenters. The van der Waals surface area contributed by atoms with Crippen molar-refractivity contribution in [3.8, 4) is 0 Å². The second-order valence-electron chi connectivity index (χ2n) is 1.29. The van der Waals surface area contributed by atoms with Crippen LogP contribution in [0.3, 0.4) is 0 Å². The molecule has 0 spiro atoms. The molecule has 0 heterocycles. The van der Waals surface area contributed by atoms with Crippen LogP contribution in [0.1, 0.15) is 20.3 Å². The molecule has 0 bridgehead atoms. The number of rotatable bonds is 1. The summed E-state index contributed by atoms with van der Waals surface area (Å²) in [6.45, 7) is 4.18. The molecule has 4 nitrogen and oxygen atoms in total. The number of halogens is 3. The van der Waals surface area contributed by atoms with Gasteiger partial charge in [-0.15, -0.1) is 0 Å². The third kappa shape index (κ3) is 499. The topological polar surface area (TPSA) is 107 Å². The molecule has 0 unspecified atom stereocenters. The molecule has 0 aromatic rings. The quantitative estimate of drug-likeness (QED) is 0.625. The molecule has 0 amide bonds. The summed E-state index contributed by atoms with van der Waals surface area (Å²) in [7, 11) is 0. The van der Waals surface area contributed by atoms with Gasteiger partial charge in [0.25, 0.3) is 0 Å². The maximum Gasteiger partial charge on any atom is 0.180 e. The summed E-state index contributed by atoms with van der Waals surface area (Å²) in [5.74, 6) is 0. The van der Waals surface area contributed by atoms with Crippen LogP contribution in [-0.4, -0.2) is 33.2 Å². The molecule has 0 aromatic heterocycles. The van der Waals surface area contributed by atoms with Gasteiger partial charge in [-0.3, -0.25) is 0 Å². The van der Waals surface area contributed by atoms with Crippen molar-refractivity contribution in [1.82, 2.24) is 6.15 Å². The van der Waals surface area contributed by atoms with Crippen molar-refractivity contribution in [2.75, 3.05) is 13.2 Å². The monoisotopic (exact) mass is 259 g/mol. The number of hydrogen-bond donors (Lipinski definition) is 3. The highest BCUT2D eigenvalue weighted by Gasteiger charge is 1.78. The third-order valence-corrected chi connectivity index (χ3v) is 0.224. The Bertz CT molecular complexity index is 47.4. The number of aliphatic hydroxyl groups excluding tert-OH is 2. The third-order valence-electron chi connectivity index (χ3n) is 0.224. The van der Waals surface area contributed by atoms with Crippen molar-refractivity contribution >= 4 is 34.8 Å². The van der Waals surface area contributed by atoms with E-state index in [0.717, 1.165) is 6.42 Å². The maximum absolute atomic E-state index is 7.88. The Morgan fingerprint density at radius 3 is 1.15 bits per heavy atom. The first-order valence-corrected chi connectivity index (χ1v) is 4.51. The van der Waals surface area contributed by atoms with Crippen LogP contribution >= 0.6 is 34.8 Å². The molecule has 0 aliphatic heterocycles. The molecule has 7 N–H and O–H groups in total. The lowest BCUT2D eigenvalue weighted by Gasteiger charge is -1.69. The van der Waals surface area contributed by atoms with Crippen LogP contribution < -0.4 is 6.15 Å². The van der Waals surface area contributed by atoms with Gasteiger partial charge in [0, 0.05) is 13.2 Å². The largest absolute Gasteiger partial charge is 0.412 e. The minimum Gasteiger partial charge on any atom is -0.412 e. The van der Waals surface area contributed by atoms with Crippen molar-refractivity contribution in [3.63, 3.8) is 0 Å². The molecule has 13 heavy (non-hydrogen) atoms. The van der Waals surface area contributed by atoms with Crippen molar-refractivity contribution in [2.45, 2.75) is 24.6 Å². The first-order valence-electron chi connectivity index (χ1n) is 3.20. The van der Waals surface area contributed by atoms with Crippen molar-refractivity contribution in [2.24, 2.45) is 0 Å². The maximum atomic E-state index is 7.88. The number of alkyl halides is 3. The molecule has 0 aliphatic rings. The van der Waals surface area contributed by atoms with Gasteiger partial charge in [0.05, 0.1) is 0 Å². The standard InChI is InChI=1S/C3H8O.C2H6O.CHCl3.H3N.H2O/c1-2-3-4;1-2-3;2-1(3)4;;/h4H,2-3H2,1H3;3H,2H2,1H3;1H;1H3;1H2. The number of aliphatic hydroxyl groups is 2. The first-order chi connectivity index (χ1) is 5.06. The Morgan fingerprint density at radius 1 is 1.08 bits per heavy atom. The molecule has 0 aromatic carbocycles. The minimum atomic E-state index is -0.750. The average molecular weight is 261 g/mol. The predicted octanol–water partition coefficient (Wildman–Crippen LogP) is 1.71. The molecule has 0 aliphatic carbocycles. The summed E-state index contributed by atoms with van der Waals surface area (Å²) in [6.07, 6.45) is 0.875. The Labute approximate surface area is 94.7 Å². The zero-order valence-electron chi connectivity index (χ0n) is 7.93. The van der Waals surface area contributed by atoms with Gasteiger partial charge in [0.2, 0.25) is 0 Å². The van der Waals surface area contributed by atoms with E-state index < -0.39 is 4.30 Å². The fourth-order valence-electron chi connectivity index (χ4n) is 0. The molecule has 7 heteroatoms. The van der Waals surface area contributed by atoms with Gasteiger partial charge in [-0.05, 0) is 13.3 Å².